The zero-order valence-corrected chi connectivity index (χ0v) is 10.6. The molecule has 0 saturated carbocycles. The van der Waals surface area contributed by atoms with E-state index in [-0.39, 0.29) is 11.5 Å². The van der Waals surface area contributed by atoms with Crippen LogP contribution in [0.2, 0.25) is 5.02 Å². The molecule has 2 rings (SSSR count). The van der Waals surface area contributed by atoms with Gasteiger partial charge in [-0.2, -0.15) is 0 Å². The second-order valence-electron chi connectivity index (χ2n) is 4.64. The van der Waals surface area contributed by atoms with E-state index < -0.39 is 0 Å². The number of ether oxygens (including phenoxy) is 1. The summed E-state index contributed by atoms with van der Waals surface area (Å²) in [5.41, 5.74) is 1.60. The Balaban J connectivity index is 2.17. The lowest BCUT2D eigenvalue weighted by Crippen LogP contribution is -2.58. The van der Waals surface area contributed by atoms with Gasteiger partial charge in [0.2, 0.25) is 0 Å². The Labute approximate surface area is 102 Å². The fourth-order valence-electron chi connectivity index (χ4n) is 2.33. The van der Waals surface area contributed by atoms with Gasteiger partial charge in [0.15, 0.2) is 0 Å². The molecule has 88 valence electrons. The number of nitrogens with one attached hydrogen (secondary N) is 1. The van der Waals surface area contributed by atoms with Crippen molar-refractivity contribution in [1.82, 2.24) is 5.32 Å². The Morgan fingerprint density at radius 3 is 2.44 bits per heavy atom. The van der Waals surface area contributed by atoms with Gasteiger partial charge in [-0.3, -0.25) is 0 Å². The normalized spacial score (nSPS) is 20.2. The molecular formula is C13H18ClNO. The van der Waals surface area contributed by atoms with E-state index >= 15 is 0 Å². The molecule has 1 heterocycles. The topological polar surface area (TPSA) is 21.3 Å². The van der Waals surface area contributed by atoms with E-state index in [9.17, 15) is 0 Å². The van der Waals surface area contributed by atoms with Gasteiger partial charge in [-0.05, 0) is 31.0 Å². The van der Waals surface area contributed by atoms with Crippen molar-refractivity contribution in [3.63, 3.8) is 0 Å². The van der Waals surface area contributed by atoms with Crippen molar-refractivity contribution in [2.75, 3.05) is 20.2 Å². The van der Waals surface area contributed by atoms with Gasteiger partial charge in [-0.15, -0.1) is 0 Å². The summed E-state index contributed by atoms with van der Waals surface area (Å²) < 4.78 is 5.37. The van der Waals surface area contributed by atoms with E-state index in [1.54, 1.807) is 7.11 Å². The number of rotatable bonds is 4. The molecule has 0 aromatic heterocycles. The third kappa shape index (κ3) is 2.24. The summed E-state index contributed by atoms with van der Waals surface area (Å²) in [6, 6.07) is 8.19. The Morgan fingerprint density at radius 2 is 2.00 bits per heavy atom. The van der Waals surface area contributed by atoms with Crippen LogP contribution in [0.4, 0.5) is 0 Å². The SMILES string of the molecule is COC(C)CC1(c2ccc(Cl)cc2)CNC1. The van der Waals surface area contributed by atoms with E-state index in [0.717, 1.165) is 24.5 Å². The zero-order valence-electron chi connectivity index (χ0n) is 9.79. The van der Waals surface area contributed by atoms with Crippen molar-refractivity contribution in [2.24, 2.45) is 0 Å². The molecular weight excluding hydrogens is 222 g/mol. The number of halogens is 1. The lowest BCUT2D eigenvalue weighted by Gasteiger charge is -2.44. The molecule has 1 saturated heterocycles. The summed E-state index contributed by atoms with van der Waals surface area (Å²) in [6.07, 6.45) is 1.34. The van der Waals surface area contributed by atoms with Crippen LogP contribution in [0.5, 0.6) is 0 Å². The quantitative estimate of drug-likeness (QED) is 0.872. The summed E-state index contributed by atoms with van der Waals surface area (Å²) in [5, 5.41) is 4.15. The maximum absolute atomic E-state index is 5.92. The van der Waals surface area contributed by atoms with Crippen molar-refractivity contribution < 1.29 is 4.74 Å². The Morgan fingerprint density at radius 1 is 1.38 bits per heavy atom. The van der Waals surface area contributed by atoms with Crippen LogP contribution >= 0.6 is 11.6 Å². The fraction of sp³-hybridized carbons (Fsp3) is 0.538. The molecule has 0 radical (unpaired) electrons. The van der Waals surface area contributed by atoms with Crippen molar-refractivity contribution in [1.29, 1.82) is 0 Å². The monoisotopic (exact) mass is 239 g/mol. The van der Waals surface area contributed by atoms with E-state index in [0.29, 0.717) is 0 Å². The van der Waals surface area contributed by atoms with E-state index in [1.165, 1.54) is 5.56 Å². The standard InChI is InChI=1S/C13H18ClNO/c1-10(16-2)7-13(8-15-9-13)11-3-5-12(14)6-4-11/h3-6,10,15H,7-9H2,1-2H3. The van der Waals surface area contributed by atoms with Crippen LogP contribution in [0.25, 0.3) is 0 Å². The predicted octanol–water partition coefficient (Wildman–Crippen LogP) is 2.61. The largest absolute Gasteiger partial charge is 0.382 e. The Bertz CT molecular complexity index is 345. The van der Waals surface area contributed by atoms with E-state index in [2.05, 4.69) is 24.4 Å². The van der Waals surface area contributed by atoms with Gasteiger partial charge < -0.3 is 10.1 Å². The molecule has 16 heavy (non-hydrogen) atoms. The van der Waals surface area contributed by atoms with Crippen molar-refractivity contribution in [3.05, 3.63) is 34.9 Å². The summed E-state index contributed by atoms with van der Waals surface area (Å²) in [4.78, 5) is 0. The summed E-state index contributed by atoms with van der Waals surface area (Å²) in [6.45, 7) is 4.18. The number of methoxy groups -OCH3 is 1. The fourth-order valence-corrected chi connectivity index (χ4v) is 2.46. The molecule has 0 amide bonds. The second kappa shape index (κ2) is 4.74. The van der Waals surface area contributed by atoms with Crippen LogP contribution in [0.3, 0.4) is 0 Å². The number of hydrogen-bond donors (Lipinski definition) is 1. The lowest BCUT2D eigenvalue weighted by molar-refractivity contribution is 0.0717. The molecule has 1 aromatic rings. The third-order valence-corrected chi connectivity index (χ3v) is 3.72. The third-order valence-electron chi connectivity index (χ3n) is 3.46. The highest BCUT2D eigenvalue weighted by Crippen LogP contribution is 2.34. The molecule has 0 bridgehead atoms. The zero-order chi connectivity index (χ0) is 11.6. The average Bonchev–Trinajstić information content (AvgIpc) is 2.24. The maximum Gasteiger partial charge on any atom is 0.0552 e. The highest BCUT2D eigenvalue weighted by molar-refractivity contribution is 6.30. The van der Waals surface area contributed by atoms with Crippen LogP contribution in [0.15, 0.2) is 24.3 Å². The maximum atomic E-state index is 5.92. The first kappa shape index (κ1) is 11.9. The number of benzene rings is 1. The molecule has 0 aliphatic carbocycles. The smallest absolute Gasteiger partial charge is 0.0552 e. The van der Waals surface area contributed by atoms with Crippen LogP contribution in [-0.4, -0.2) is 26.3 Å². The van der Waals surface area contributed by atoms with Gasteiger partial charge in [0.25, 0.3) is 0 Å². The minimum absolute atomic E-state index is 0.236. The minimum atomic E-state index is 0.236. The molecule has 1 aliphatic heterocycles. The van der Waals surface area contributed by atoms with Gasteiger partial charge >= 0.3 is 0 Å². The van der Waals surface area contributed by atoms with Crippen LogP contribution in [0, 0.1) is 0 Å². The number of hydrogen-bond acceptors (Lipinski definition) is 2. The molecule has 1 fully saturated rings. The molecule has 1 aliphatic rings. The summed E-state index contributed by atoms with van der Waals surface area (Å²) in [7, 11) is 1.77. The minimum Gasteiger partial charge on any atom is -0.382 e. The van der Waals surface area contributed by atoms with E-state index in [4.69, 9.17) is 16.3 Å². The Kier molecular flexibility index (Phi) is 3.53. The lowest BCUT2D eigenvalue weighted by atomic mass is 9.71. The van der Waals surface area contributed by atoms with Crippen LogP contribution in [0.1, 0.15) is 18.9 Å². The predicted molar refractivity (Wildman–Crippen MR) is 67.1 cm³/mol. The van der Waals surface area contributed by atoms with Crippen molar-refractivity contribution >= 4 is 11.6 Å². The van der Waals surface area contributed by atoms with Crippen molar-refractivity contribution in [3.8, 4) is 0 Å². The molecule has 0 spiro atoms. The molecule has 2 nitrogen and oxygen atoms in total. The van der Waals surface area contributed by atoms with Gasteiger partial charge in [0.05, 0.1) is 6.10 Å². The molecule has 3 heteroatoms. The molecule has 1 N–H and O–H groups in total. The summed E-state index contributed by atoms with van der Waals surface area (Å²) in [5.74, 6) is 0. The molecule has 1 atom stereocenters. The van der Waals surface area contributed by atoms with Gasteiger partial charge in [0, 0.05) is 30.6 Å². The van der Waals surface area contributed by atoms with Crippen LogP contribution < -0.4 is 5.32 Å². The van der Waals surface area contributed by atoms with Crippen molar-refractivity contribution in [2.45, 2.75) is 24.9 Å². The van der Waals surface area contributed by atoms with Gasteiger partial charge in [-0.25, -0.2) is 0 Å². The van der Waals surface area contributed by atoms with Gasteiger partial charge in [-0.1, -0.05) is 23.7 Å². The average molecular weight is 240 g/mol. The second-order valence-corrected chi connectivity index (χ2v) is 5.08. The first-order valence-corrected chi connectivity index (χ1v) is 6.04. The highest BCUT2D eigenvalue weighted by atomic mass is 35.5. The van der Waals surface area contributed by atoms with E-state index in [1.807, 2.05) is 12.1 Å². The first-order chi connectivity index (χ1) is 7.66. The molecule has 1 unspecified atom stereocenters. The van der Waals surface area contributed by atoms with Gasteiger partial charge in [0.1, 0.15) is 0 Å². The Hall–Kier alpha value is -0.570. The highest BCUT2D eigenvalue weighted by Gasteiger charge is 2.39. The summed E-state index contributed by atoms with van der Waals surface area (Å²) >= 11 is 5.92. The molecule has 1 aromatic carbocycles. The first-order valence-electron chi connectivity index (χ1n) is 5.66. The van der Waals surface area contributed by atoms with Crippen LogP contribution in [-0.2, 0) is 10.2 Å².